The molecular weight excluding hydrogens is 326 g/mol. The Balaban J connectivity index is 1.46. The standard InChI is InChI=1S/C21H25N3O2/c1-14-3-5-16(6-4-14)13-22-20(25)15(2)23-18-9-11-19(12-10-18)24-21(26)17-7-8-17/h3-6,9-12,15,17,23H,7-8,13H2,1-2H3,(H,22,25)(H,24,26). The first-order valence-electron chi connectivity index (χ1n) is 9.02. The van der Waals surface area contributed by atoms with Crippen molar-refractivity contribution in [2.24, 2.45) is 5.92 Å². The van der Waals surface area contributed by atoms with Gasteiger partial charge in [0.05, 0.1) is 0 Å². The smallest absolute Gasteiger partial charge is 0.242 e. The van der Waals surface area contributed by atoms with Crippen molar-refractivity contribution in [2.75, 3.05) is 10.6 Å². The molecule has 1 atom stereocenters. The van der Waals surface area contributed by atoms with Crippen molar-refractivity contribution in [1.82, 2.24) is 5.32 Å². The minimum atomic E-state index is -0.354. The molecule has 136 valence electrons. The van der Waals surface area contributed by atoms with Gasteiger partial charge in [0.2, 0.25) is 11.8 Å². The van der Waals surface area contributed by atoms with Gasteiger partial charge in [0, 0.05) is 23.8 Å². The van der Waals surface area contributed by atoms with Crippen LogP contribution >= 0.6 is 0 Å². The van der Waals surface area contributed by atoms with Crippen LogP contribution in [0.2, 0.25) is 0 Å². The second-order valence-corrected chi connectivity index (χ2v) is 6.91. The zero-order valence-corrected chi connectivity index (χ0v) is 15.2. The highest BCUT2D eigenvalue weighted by molar-refractivity contribution is 5.94. The average Bonchev–Trinajstić information content (AvgIpc) is 3.48. The Bertz CT molecular complexity index is 765. The summed E-state index contributed by atoms with van der Waals surface area (Å²) in [5.74, 6) is 0.219. The van der Waals surface area contributed by atoms with Crippen LogP contribution < -0.4 is 16.0 Å². The van der Waals surface area contributed by atoms with Crippen LogP contribution in [0.15, 0.2) is 48.5 Å². The summed E-state index contributed by atoms with van der Waals surface area (Å²) in [6.45, 7) is 4.38. The summed E-state index contributed by atoms with van der Waals surface area (Å²) in [7, 11) is 0. The molecule has 3 rings (SSSR count). The van der Waals surface area contributed by atoms with Gasteiger partial charge in [-0.3, -0.25) is 9.59 Å². The van der Waals surface area contributed by atoms with Gasteiger partial charge in [-0.25, -0.2) is 0 Å². The van der Waals surface area contributed by atoms with Gasteiger partial charge in [-0.05, 0) is 56.5 Å². The number of rotatable bonds is 7. The Kier molecular flexibility index (Phi) is 5.56. The average molecular weight is 351 g/mol. The molecule has 5 nitrogen and oxygen atoms in total. The highest BCUT2D eigenvalue weighted by Crippen LogP contribution is 2.30. The Labute approximate surface area is 154 Å². The first-order chi connectivity index (χ1) is 12.5. The topological polar surface area (TPSA) is 70.2 Å². The Morgan fingerprint density at radius 2 is 1.62 bits per heavy atom. The van der Waals surface area contributed by atoms with E-state index in [1.807, 2.05) is 62.4 Å². The SMILES string of the molecule is Cc1ccc(CNC(=O)C(C)Nc2ccc(NC(=O)C3CC3)cc2)cc1. The Morgan fingerprint density at radius 1 is 1.00 bits per heavy atom. The van der Waals surface area contributed by atoms with Crippen LogP contribution in [0.25, 0.3) is 0 Å². The van der Waals surface area contributed by atoms with E-state index in [4.69, 9.17) is 0 Å². The number of aryl methyl sites for hydroxylation is 1. The van der Waals surface area contributed by atoms with Crippen molar-refractivity contribution < 1.29 is 9.59 Å². The highest BCUT2D eigenvalue weighted by Gasteiger charge is 2.29. The summed E-state index contributed by atoms with van der Waals surface area (Å²) in [5.41, 5.74) is 3.90. The molecule has 5 heteroatoms. The molecule has 1 aliphatic rings. The fourth-order valence-electron chi connectivity index (χ4n) is 2.60. The van der Waals surface area contributed by atoms with Crippen molar-refractivity contribution in [1.29, 1.82) is 0 Å². The number of hydrogen-bond acceptors (Lipinski definition) is 3. The fraction of sp³-hybridized carbons (Fsp3) is 0.333. The minimum absolute atomic E-state index is 0.0586. The second kappa shape index (κ2) is 8.04. The Hall–Kier alpha value is -2.82. The predicted octanol–water partition coefficient (Wildman–Crippen LogP) is 3.46. The molecule has 2 aromatic carbocycles. The van der Waals surface area contributed by atoms with Crippen molar-refractivity contribution in [3.05, 3.63) is 59.7 Å². The lowest BCUT2D eigenvalue weighted by atomic mass is 10.1. The summed E-state index contributed by atoms with van der Waals surface area (Å²) in [4.78, 5) is 24.0. The van der Waals surface area contributed by atoms with Gasteiger partial charge in [-0.1, -0.05) is 29.8 Å². The van der Waals surface area contributed by atoms with E-state index in [0.717, 1.165) is 29.8 Å². The number of nitrogens with one attached hydrogen (secondary N) is 3. The lowest BCUT2D eigenvalue weighted by Gasteiger charge is -2.16. The molecule has 1 aliphatic carbocycles. The fourth-order valence-corrected chi connectivity index (χ4v) is 2.60. The number of carbonyl (C=O) groups excluding carboxylic acids is 2. The van der Waals surface area contributed by atoms with Gasteiger partial charge in [-0.15, -0.1) is 0 Å². The summed E-state index contributed by atoms with van der Waals surface area (Å²) >= 11 is 0. The molecule has 26 heavy (non-hydrogen) atoms. The van der Waals surface area contributed by atoms with Crippen molar-refractivity contribution in [3.63, 3.8) is 0 Å². The highest BCUT2D eigenvalue weighted by atomic mass is 16.2. The van der Waals surface area contributed by atoms with Crippen LogP contribution in [0.5, 0.6) is 0 Å². The molecule has 0 saturated heterocycles. The molecule has 2 amide bonds. The largest absolute Gasteiger partial charge is 0.374 e. The number of amides is 2. The van der Waals surface area contributed by atoms with Crippen LogP contribution in [0.3, 0.4) is 0 Å². The molecule has 0 aliphatic heterocycles. The number of anilines is 2. The molecule has 1 saturated carbocycles. The van der Waals surface area contributed by atoms with E-state index in [9.17, 15) is 9.59 Å². The lowest BCUT2D eigenvalue weighted by molar-refractivity contribution is -0.121. The number of hydrogen-bond donors (Lipinski definition) is 3. The molecular formula is C21H25N3O2. The molecule has 3 N–H and O–H groups in total. The van der Waals surface area contributed by atoms with Crippen LogP contribution in [0.4, 0.5) is 11.4 Å². The molecule has 0 aromatic heterocycles. The third kappa shape index (κ3) is 5.09. The molecule has 0 bridgehead atoms. The summed E-state index contributed by atoms with van der Waals surface area (Å²) in [6.07, 6.45) is 1.97. The normalized spacial score (nSPS) is 14.4. The van der Waals surface area contributed by atoms with E-state index in [0.29, 0.717) is 6.54 Å². The van der Waals surface area contributed by atoms with Gasteiger partial charge in [0.25, 0.3) is 0 Å². The molecule has 0 radical (unpaired) electrons. The van der Waals surface area contributed by atoms with Crippen LogP contribution in [-0.4, -0.2) is 17.9 Å². The summed E-state index contributed by atoms with van der Waals surface area (Å²) in [5, 5.41) is 9.02. The van der Waals surface area contributed by atoms with E-state index in [2.05, 4.69) is 16.0 Å². The lowest BCUT2D eigenvalue weighted by Crippen LogP contribution is -2.37. The Morgan fingerprint density at radius 3 is 2.23 bits per heavy atom. The van der Waals surface area contributed by atoms with Crippen LogP contribution in [0.1, 0.15) is 30.9 Å². The zero-order valence-electron chi connectivity index (χ0n) is 15.2. The monoisotopic (exact) mass is 351 g/mol. The van der Waals surface area contributed by atoms with Crippen LogP contribution in [0, 0.1) is 12.8 Å². The number of benzene rings is 2. The molecule has 0 heterocycles. The maximum absolute atomic E-state index is 12.3. The first kappa shape index (κ1) is 18.0. The maximum Gasteiger partial charge on any atom is 0.242 e. The summed E-state index contributed by atoms with van der Waals surface area (Å²) < 4.78 is 0. The van der Waals surface area contributed by atoms with E-state index in [-0.39, 0.29) is 23.8 Å². The van der Waals surface area contributed by atoms with Gasteiger partial charge in [0.1, 0.15) is 6.04 Å². The van der Waals surface area contributed by atoms with Crippen molar-refractivity contribution in [2.45, 2.75) is 39.3 Å². The van der Waals surface area contributed by atoms with E-state index >= 15 is 0 Å². The van der Waals surface area contributed by atoms with Gasteiger partial charge < -0.3 is 16.0 Å². The quantitative estimate of drug-likeness (QED) is 0.715. The molecule has 1 unspecified atom stereocenters. The van der Waals surface area contributed by atoms with Gasteiger partial charge in [0.15, 0.2) is 0 Å². The third-order valence-electron chi connectivity index (χ3n) is 4.46. The maximum atomic E-state index is 12.3. The van der Waals surface area contributed by atoms with E-state index < -0.39 is 0 Å². The zero-order chi connectivity index (χ0) is 18.5. The second-order valence-electron chi connectivity index (χ2n) is 6.91. The summed E-state index contributed by atoms with van der Waals surface area (Å²) in [6, 6.07) is 15.2. The van der Waals surface area contributed by atoms with Crippen molar-refractivity contribution in [3.8, 4) is 0 Å². The van der Waals surface area contributed by atoms with Crippen LogP contribution in [-0.2, 0) is 16.1 Å². The number of carbonyl (C=O) groups is 2. The predicted molar refractivity (Wildman–Crippen MR) is 104 cm³/mol. The molecule has 0 spiro atoms. The molecule has 2 aromatic rings. The van der Waals surface area contributed by atoms with E-state index in [1.165, 1.54) is 5.56 Å². The van der Waals surface area contributed by atoms with Gasteiger partial charge in [-0.2, -0.15) is 0 Å². The first-order valence-corrected chi connectivity index (χ1v) is 9.02. The minimum Gasteiger partial charge on any atom is -0.374 e. The molecule has 1 fully saturated rings. The van der Waals surface area contributed by atoms with Crippen molar-refractivity contribution >= 4 is 23.2 Å². The van der Waals surface area contributed by atoms with Gasteiger partial charge >= 0.3 is 0 Å². The van der Waals surface area contributed by atoms with E-state index in [1.54, 1.807) is 0 Å². The third-order valence-corrected chi connectivity index (χ3v) is 4.46.